The molecule has 1 fully saturated rings. The SMILES string of the molecule is CCOc1cccc(C2/C(=C(\O)c3c(OC)cccc3OC)C(=O)C(=O)N2CCCOC)c1. The first kappa shape index (κ1) is 24.1. The van der Waals surface area contributed by atoms with E-state index in [1.54, 1.807) is 49.6 Å². The zero-order valence-corrected chi connectivity index (χ0v) is 19.3. The average Bonchev–Trinajstić information content (AvgIpc) is 3.08. The fraction of sp³-hybridized carbons (Fsp3) is 0.360. The van der Waals surface area contributed by atoms with E-state index in [9.17, 15) is 14.7 Å². The molecule has 8 heteroatoms. The number of benzene rings is 2. The van der Waals surface area contributed by atoms with Crippen molar-refractivity contribution >= 4 is 17.4 Å². The summed E-state index contributed by atoms with van der Waals surface area (Å²) in [5.74, 6) is -0.576. The molecule has 3 rings (SSSR count). The van der Waals surface area contributed by atoms with E-state index in [1.165, 1.54) is 19.1 Å². The highest BCUT2D eigenvalue weighted by molar-refractivity contribution is 6.46. The van der Waals surface area contributed by atoms with Gasteiger partial charge in [-0.15, -0.1) is 0 Å². The summed E-state index contributed by atoms with van der Waals surface area (Å²) in [6.45, 7) is 3.05. The number of amides is 1. The highest BCUT2D eigenvalue weighted by Gasteiger charge is 2.46. The predicted molar refractivity (Wildman–Crippen MR) is 123 cm³/mol. The van der Waals surface area contributed by atoms with Crippen LogP contribution in [-0.4, -0.2) is 62.8 Å². The highest BCUT2D eigenvalue weighted by Crippen LogP contribution is 2.43. The number of hydrogen-bond donors (Lipinski definition) is 1. The molecule has 33 heavy (non-hydrogen) atoms. The van der Waals surface area contributed by atoms with Gasteiger partial charge < -0.3 is 29.0 Å². The van der Waals surface area contributed by atoms with E-state index in [-0.39, 0.29) is 23.4 Å². The molecule has 0 spiro atoms. The third-order valence-electron chi connectivity index (χ3n) is 5.44. The Morgan fingerprint density at radius 1 is 1.03 bits per heavy atom. The second-order valence-electron chi connectivity index (χ2n) is 7.38. The molecule has 1 heterocycles. The molecule has 1 saturated heterocycles. The minimum atomic E-state index is -0.808. The summed E-state index contributed by atoms with van der Waals surface area (Å²) in [6.07, 6.45) is 0.531. The molecule has 0 radical (unpaired) electrons. The second-order valence-corrected chi connectivity index (χ2v) is 7.38. The molecule has 8 nitrogen and oxygen atoms in total. The molecular weight excluding hydrogens is 426 g/mol. The molecule has 2 aromatic carbocycles. The maximum Gasteiger partial charge on any atom is 0.295 e. The van der Waals surface area contributed by atoms with Crippen LogP contribution in [0.15, 0.2) is 48.0 Å². The van der Waals surface area contributed by atoms with Gasteiger partial charge in [0, 0.05) is 20.3 Å². The van der Waals surface area contributed by atoms with Gasteiger partial charge >= 0.3 is 0 Å². The van der Waals surface area contributed by atoms with Gasteiger partial charge in [0.2, 0.25) is 0 Å². The van der Waals surface area contributed by atoms with Crippen molar-refractivity contribution in [1.82, 2.24) is 4.90 Å². The van der Waals surface area contributed by atoms with E-state index >= 15 is 0 Å². The van der Waals surface area contributed by atoms with Gasteiger partial charge in [0.15, 0.2) is 0 Å². The highest BCUT2D eigenvalue weighted by atomic mass is 16.5. The van der Waals surface area contributed by atoms with Crippen LogP contribution in [0.25, 0.3) is 5.76 Å². The number of aliphatic hydroxyl groups is 1. The molecule has 0 aromatic heterocycles. The van der Waals surface area contributed by atoms with E-state index in [2.05, 4.69) is 0 Å². The van der Waals surface area contributed by atoms with Gasteiger partial charge in [-0.25, -0.2) is 0 Å². The molecule has 1 unspecified atom stereocenters. The van der Waals surface area contributed by atoms with Gasteiger partial charge in [0.25, 0.3) is 11.7 Å². The third-order valence-corrected chi connectivity index (χ3v) is 5.44. The molecule has 1 amide bonds. The summed E-state index contributed by atoms with van der Waals surface area (Å²) >= 11 is 0. The van der Waals surface area contributed by atoms with Gasteiger partial charge in [-0.2, -0.15) is 0 Å². The largest absolute Gasteiger partial charge is 0.506 e. The van der Waals surface area contributed by atoms with E-state index in [4.69, 9.17) is 18.9 Å². The van der Waals surface area contributed by atoms with Crippen molar-refractivity contribution in [2.75, 3.05) is 41.1 Å². The number of methoxy groups -OCH3 is 3. The number of rotatable bonds is 10. The lowest BCUT2D eigenvalue weighted by atomic mass is 9.94. The van der Waals surface area contributed by atoms with Crippen LogP contribution in [-0.2, 0) is 14.3 Å². The molecule has 0 saturated carbocycles. The number of aliphatic hydroxyl groups excluding tert-OH is 1. The first-order chi connectivity index (χ1) is 16.0. The zero-order chi connectivity index (χ0) is 24.0. The summed E-state index contributed by atoms with van der Waals surface area (Å²) in [6, 6.07) is 11.4. The first-order valence-corrected chi connectivity index (χ1v) is 10.7. The predicted octanol–water partition coefficient (Wildman–Crippen LogP) is 3.56. The number of hydrogen-bond acceptors (Lipinski definition) is 7. The van der Waals surface area contributed by atoms with Crippen LogP contribution in [0.2, 0.25) is 0 Å². The smallest absolute Gasteiger partial charge is 0.295 e. The average molecular weight is 456 g/mol. The van der Waals surface area contributed by atoms with Gasteiger partial charge in [-0.05, 0) is 43.2 Å². The fourth-order valence-corrected chi connectivity index (χ4v) is 4.00. The third kappa shape index (κ3) is 4.80. The van der Waals surface area contributed by atoms with Gasteiger partial charge in [-0.1, -0.05) is 18.2 Å². The number of nitrogens with zero attached hydrogens (tertiary/aromatic N) is 1. The summed E-state index contributed by atoms with van der Waals surface area (Å²) in [4.78, 5) is 27.7. The number of carbonyl (C=O) groups excluding carboxylic acids is 2. The fourth-order valence-electron chi connectivity index (χ4n) is 4.00. The number of ketones is 1. The number of likely N-dealkylation sites (tertiary alicyclic amines) is 1. The maximum atomic E-state index is 13.2. The second kappa shape index (κ2) is 10.9. The van der Waals surface area contributed by atoms with Crippen molar-refractivity contribution in [2.45, 2.75) is 19.4 Å². The van der Waals surface area contributed by atoms with E-state index in [0.717, 1.165) is 0 Å². The lowest BCUT2D eigenvalue weighted by Crippen LogP contribution is -2.31. The molecule has 1 N–H and O–H groups in total. The normalized spacial score (nSPS) is 17.3. The van der Waals surface area contributed by atoms with Crippen molar-refractivity contribution in [3.8, 4) is 17.2 Å². The van der Waals surface area contributed by atoms with Gasteiger partial charge in [0.1, 0.15) is 28.6 Å². The van der Waals surface area contributed by atoms with E-state index in [1.807, 2.05) is 6.92 Å². The molecule has 0 bridgehead atoms. The van der Waals surface area contributed by atoms with Crippen molar-refractivity contribution in [1.29, 1.82) is 0 Å². The Labute approximate surface area is 193 Å². The van der Waals surface area contributed by atoms with E-state index in [0.29, 0.717) is 42.4 Å². The lowest BCUT2D eigenvalue weighted by molar-refractivity contribution is -0.140. The quantitative estimate of drug-likeness (QED) is 0.253. The summed E-state index contributed by atoms with van der Waals surface area (Å²) in [7, 11) is 4.49. The minimum absolute atomic E-state index is 0.0335. The Morgan fingerprint density at radius 2 is 1.70 bits per heavy atom. The first-order valence-electron chi connectivity index (χ1n) is 10.7. The topological polar surface area (TPSA) is 94.5 Å². The lowest BCUT2D eigenvalue weighted by Gasteiger charge is -2.26. The monoisotopic (exact) mass is 455 g/mol. The minimum Gasteiger partial charge on any atom is -0.506 e. The molecular formula is C25H29NO7. The van der Waals surface area contributed by atoms with E-state index < -0.39 is 17.7 Å². The molecule has 176 valence electrons. The Balaban J connectivity index is 2.22. The van der Waals surface area contributed by atoms with Crippen molar-refractivity contribution in [2.24, 2.45) is 0 Å². The number of carbonyl (C=O) groups is 2. The van der Waals surface area contributed by atoms with Crippen molar-refractivity contribution in [3.05, 3.63) is 59.2 Å². The Bertz CT molecular complexity index is 1020. The summed E-state index contributed by atoms with van der Waals surface area (Å²) in [5, 5.41) is 11.4. The Morgan fingerprint density at radius 3 is 2.30 bits per heavy atom. The van der Waals surface area contributed by atoms with Gasteiger partial charge in [0.05, 0.1) is 32.4 Å². The van der Waals surface area contributed by atoms with Crippen molar-refractivity contribution < 1.29 is 33.6 Å². The molecule has 0 aliphatic carbocycles. The van der Waals surface area contributed by atoms with Crippen LogP contribution >= 0.6 is 0 Å². The molecule has 1 atom stereocenters. The molecule has 1 aliphatic heterocycles. The van der Waals surface area contributed by atoms with Crippen LogP contribution in [0.3, 0.4) is 0 Å². The maximum absolute atomic E-state index is 13.2. The zero-order valence-electron chi connectivity index (χ0n) is 19.3. The standard InChI is InChI=1S/C25H29NO7/c1-5-33-17-10-6-9-16(15-17)22-21(24(28)25(29)26(22)13-8-14-30-2)23(27)20-18(31-3)11-7-12-19(20)32-4/h6-7,9-12,15,22,27H,5,8,13-14H2,1-4H3/b23-21+. The van der Waals surface area contributed by atoms with Crippen LogP contribution in [0, 0.1) is 0 Å². The van der Waals surface area contributed by atoms with Crippen LogP contribution in [0.1, 0.15) is 30.5 Å². The number of Topliss-reactive ketones (excluding diaryl/α,β-unsaturated/α-hetero) is 1. The van der Waals surface area contributed by atoms with Crippen LogP contribution < -0.4 is 14.2 Å². The molecule has 2 aromatic rings. The van der Waals surface area contributed by atoms with Crippen LogP contribution in [0.5, 0.6) is 17.2 Å². The summed E-state index contributed by atoms with van der Waals surface area (Å²) in [5.41, 5.74) is 0.824. The molecule has 1 aliphatic rings. The number of ether oxygens (including phenoxy) is 4. The Kier molecular flexibility index (Phi) is 7.95. The summed E-state index contributed by atoms with van der Waals surface area (Å²) < 4.78 is 21.6. The van der Waals surface area contributed by atoms with Gasteiger partial charge in [-0.3, -0.25) is 9.59 Å². The van der Waals surface area contributed by atoms with Crippen molar-refractivity contribution in [3.63, 3.8) is 0 Å². The van der Waals surface area contributed by atoms with Crippen LogP contribution in [0.4, 0.5) is 0 Å². The Hall–Kier alpha value is -3.52.